The van der Waals surface area contributed by atoms with Crippen molar-refractivity contribution in [3.8, 4) is 17.2 Å². The molecule has 1 amide bonds. The van der Waals surface area contributed by atoms with Gasteiger partial charge in [-0.1, -0.05) is 24.3 Å². The second-order valence-corrected chi connectivity index (χ2v) is 5.78. The first kappa shape index (κ1) is 18.6. The summed E-state index contributed by atoms with van der Waals surface area (Å²) in [5, 5.41) is 2.95. The Morgan fingerprint density at radius 3 is 2.32 bits per heavy atom. The number of nitrogens with one attached hydrogen (secondary N) is 1. The summed E-state index contributed by atoms with van der Waals surface area (Å²) in [6.45, 7) is 2.30. The van der Waals surface area contributed by atoms with Gasteiger partial charge in [0, 0.05) is 6.42 Å². The fraction of sp³-hybridized carbons (Fsp3) is 0.350. The molecule has 5 heteroatoms. The lowest BCUT2D eigenvalue weighted by Crippen LogP contribution is -2.36. The Morgan fingerprint density at radius 1 is 1.00 bits per heavy atom. The first-order valence-corrected chi connectivity index (χ1v) is 8.30. The molecule has 2 rings (SSSR count). The van der Waals surface area contributed by atoms with Crippen LogP contribution in [0.3, 0.4) is 0 Å². The summed E-state index contributed by atoms with van der Waals surface area (Å²) in [6.07, 6.45) is 1.13. The lowest BCUT2D eigenvalue weighted by molar-refractivity contribution is -0.121. The maximum Gasteiger partial charge on any atom is 0.220 e. The van der Waals surface area contributed by atoms with E-state index in [1.54, 1.807) is 14.2 Å². The molecule has 2 aromatic rings. The molecule has 134 valence electrons. The topological polar surface area (TPSA) is 56.8 Å². The number of para-hydroxylation sites is 2. The molecule has 0 unspecified atom stereocenters. The number of ether oxygens (including phenoxy) is 3. The van der Waals surface area contributed by atoms with E-state index in [0.29, 0.717) is 30.9 Å². The average Bonchev–Trinajstić information content (AvgIpc) is 2.65. The number of hydrogen-bond donors (Lipinski definition) is 1. The van der Waals surface area contributed by atoms with Gasteiger partial charge in [0.05, 0.1) is 20.3 Å². The van der Waals surface area contributed by atoms with Crippen LogP contribution >= 0.6 is 0 Å². The van der Waals surface area contributed by atoms with Crippen LogP contribution in [0, 0.1) is 0 Å². The third-order valence-corrected chi connectivity index (χ3v) is 3.77. The standard InChI is InChI=1S/C20H25NO4/c1-15(14-25-19-7-5-4-6-18(19)24-3)21-20(22)13-10-16-8-11-17(23-2)12-9-16/h4-9,11-12,15H,10,13-14H2,1-3H3,(H,21,22)/t15-/m1/s1. The Kier molecular flexibility index (Phi) is 7.14. The van der Waals surface area contributed by atoms with Crippen LogP contribution in [-0.2, 0) is 11.2 Å². The molecule has 1 N–H and O–H groups in total. The largest absolute Gasteiger partial charge is 0.497 e. The minimum atomic E-state index is -0.0896. The maximum absolute atomic E-state index is 12.1. The van der Waals surface area contributed by atoms with E-state index in [9.17, 15) is 4.79 Å². The van der Waals surface area contributed by atoms with Crippen LogP contribution in [0.15, 0.2) is 48.5 Å². The molecule has 0 aromatic heterocycles. The minimum Gasteiger partial charge on any atom is -0.497 e. The number of carbonyl (C=O) groups is 1. The van der Waals surface area contributed by atoms with E-state index in [4.69, 9.17) is 14.2 Å². The van der Waals surface area contributed by atoms with Crippen molar-refractivity contribution >= 4 is 5.91 Å². The zero-order chi connectivity index (χ0) is 18.1. The van der Waals surface area contributed by atoms with Gasteiger partial charge in [0.2, 0.25) is 5.91 Å². The van der Waals surface area contributed by atoms with Crippen molar-refractivity contribution in [3.63, 3.8) is 0 Å². The van der Waals surface area contributed by atoms with Gasteiger partial charge < -0.3 is 19.5 Å². The van der Waals surface area contributed by atoms with E-state index in [0.717, 1.165) is 11.3 Å². The van der Waals surface area contributed by atoms with Gasteiger partial charge in [-0.05, 0) is 43.2 Å². The summed E-state index contributed by atoms with van der Waals surface area (Å²) in [5.74, 6) is 2.17. The molecule has 0 aliphatic heterocycles. The molecule has 1 atom stereocenters. The van der Waals surface area contributed by atoms with Crippen LogP contribution in [0.4, 0.5) is 0 Å². The summed E-state index contributed by atoms with van der Waals surface area (Å²) < 4.78 is 16.1. The molecule has 0 aliphatic carbocycles. The summed E-state index contributed by atoms with van der Waals surface area (Å²) in [4.78, 5) is 12.1. The molecule has 0 saturated heterocycles. The van der Waals surface area contributed by atoms with E-state index in [-0.39, 0.29) is 11.9 Å². The number of benzene rings is 2. The van der Waals surface area contributed by atoms with Crippen molar-refractivity contribution in [2.75, 3.05) is 20.8 Å². The molecule has 2 aromatic carbocycles. The molecule has 0 bridgehead atoms. The predicted molar refractivity (Wildman–Crippen MR) is 97.4 cm³/mol. The molecular weight excluding hydrogens is 318 g/mol. The Balaban J connectivity index is 1.73. The van der Waals surface area contributed by atoms with Crippen molar-refractivity contribution in [1.29, 1.82) is 0 Å². The van der Waals surface area contributed by atoms with Gasteiger partial charge in [-0.2, -0.15) is 0 Å². The van der Waals surface area contributed by atoms with Crippen molar-refractivity contribution in [1.82, 2.24) is 5.32 Å². The van der Waals surface area contributed by atoms with Crippen LogP contribution in [0.25, 0.3) is 0 Å². The zero-order valence-corrected chi connectivity index (χ0v) is 15.0. The third kappa shape index (κ3) is 6.03. The maximum atomic E-state index is 12.1. The van der Waals surface area contributed by atoms with Crippen molar-refractivity contribution in [2.24, 2.45) is 0 Å². The first-order valence-electron chi connectivity index (χ1n) is 8.30. The van der Waals surface area contributed by atoms with E-state index in [1.165, 1.54) is 0 Å². The van der Waals surface area contributed by atoms with Crippen LogP contribution in [0.2, 0.25) is 0 Å². The lowest BCUT2D eigenvalue weighted by atomic mass is 10.1. The Hall–Kier alpha value is -2.69. The molecule has 0 heterocycles. The first-order chi connectivity index (χ1) is 12.1. The SMILES string of the molecule is COc1ccc(CCC(=O)N[C@H](C)COc2ccccc2OC)cc1. The van der Waals surface area contributed by atoms with Gasteiger partial charge >= 0.3 is 0 Å². The normalized spacial score (nSPS) is 11.5. The van der Waals surface area contributed by atoms with Gasteiger partial charge in [-0.25, -0.2) is 0 Å². The summed E-state index contributed by atoms with van der Waals surface area (Å²) in [5.41, 5.74) is 1.11. The van der Waals surface area contributed by atoms with Gasteiger partial charge in [0.15, 0.2) is 11.5 Å². The second-order valence-electron chi connectivity index (χ2n) is 5.78. The van der Waals surface area contributed by atoms with Crippen molar-refractivity contribution < 1.29 is 19.0 Å². The quantitative estimate of drug-likeness (QED) is 0.759. The fourth-order valence-electron chi connectivity index (χ4n) is 2.39. The highest BCUT2D eigenvalue weighted by atomic mass is 16.5. The van der Waals surface area contributed by atoms with Crippen LogP contribution < -0.4 is 19.5 Å². The molecule has 0 radical (unpaired) electrons. The highest BCUT2D eigenvalue weighted by Gasteiger charge is 2.10. The van der Waals surface area contributed by atoms with Crippen molar-refractivity contribution in [3.05, 3.63) is 54.1 Å². The highest BCUT2D eigenvalue weighted by molar-refractivity contribution is 5.76. The molecule has 0 spiro atoms. The van der Waals surface area contributed by atoms with Crippen LogP contribution in [0.1, 0.15) is 18.9 Å². The predicted octanol–water partition coefficient (Wildman–Crippen LogP) is 3.22. The summed E-state index contributed by atoms with van der Waals surface area (Å²) in [6, 6.07) is 15.1. The number of rotatable bonds is 9. The fourth-order valence-corrected chi connectivity index (χ4v) is 2.39. The van der Waals surface area contributed by atoms with E-state index < -0.39 is 0 Å². The number of amides is 1. The molecule has 0 aliphatic rings. The van der Waals surface area contributed by atoms with Gasteiger partial charge in [0.1, 0.15) is 12.4 Å². The Morgan fingerprint density at radius 2 is 1.68 bits per heavy atom. The van der Waals surface area contributed by atoms with Gasteiger partial charge in [-0.15, -0.1) is 0 Å². The average molecular weight is 343 g/mol. The number of aryl methyl sites for hydroxylation is 1. The van der Waals surface area contributed by atoms with E-state index >= 15 is 0 Å². The number of carbonyl (C=O) groups excluding carboxylic acids is 1. The van der Waals surface area contributed by atoms with Crippen LogP contribution in [-0.4, -0.2) is 32.8 Å². The Bertz CT molecular complexity index is 670. The minimum absolute atomic E-state index is 0.00643. The van der Waals surface area contributed by atoms with Gasteiger partial charge in [0.25, 0.3) is 0 Å². The molecule has 0 saturated carbocycles. The van der Waals surface area contributed by atoms with Crippen molar-refractivity contribution in [2.45, 2.75) is 25.8 Å². The highest BCUT2D eigenvalue weighted by Crippen LogP contribution is 2.25. The Labute approximate surface area is 148 Å². The number of methoxy groups -OCH3 is 2. The van der Waals surface area contributed by atoms with Crippen LogP contribution in [0.5, 0.6) is 17.2 Å². The molecule has 0 fully saturated rings. The summed E-state index contributed by atoms with van der Waals surface area (Å²) in [7, 11) is 3.24. The monoisotopic (exact) mass is 343 g/mol. The molecule has 25 heavy (non-hydrogen) atoms. The molecular formula is C20H25NO4. The smallest absolute Gasteiger partial charge is 0.220 e. The lowest BCUT2D eigenvalue weighted by Gasteiger charge is -2.16. The number of hydrogen-bond acceptors (Lipinski definition) is 4. The second kappa shape index (κ2) is 9.57. The summed E-state index contributed by atoms with van der Waals surface area (Å²) >= 11 is 0. The van der Waals surface area contributed by atoms with E-state index in [2.05, 4.69) is 5.32 Å². The van der Waals surface area contributed by atoms with E-state index in [1.807, 2.05) is 55.5 Å². The molecule has 5 nitrogen and oxygen atoms in total. The van der Waals surface area contributed by atoms with Gasteiger partial charge in [-0.3, -0.25) is 4.79 Å². The zero-order valence-electron chi connectivity index (χ0n) is 15.0. The third-order valence-electron chi connectivity index (χ3n) is 3.77.